The summed E-state index contributed by atoms with van der Waals surface area (Å²) in [5, 5.41) is 7.88. The number of rotatable bonds is 8. The number of amides is 2. The van der Waals surface area contributed by atoms with Gasteiger partial charge in [-0.3, -0.25) is 4.90 Å². The molecule has 6 nitrogen and oxygen atoms in total. The number of para-hydroxylation sites is 1. The standard InChI is InChI=1S/C27H32FN5O/c1-4-14-29-27(34)32(20(2)3)19-25-24-18-31(17-21-9-8-10-22(28)16-21)15-13-26(24)33(30-25)23-11-6-5-7-12-23/h4-12,16,20H,1,13-15,17-19H2,2-3H3,(H,29,34). The maximum atomic E-state index is 13.7. The van der Waals surface area contributed by atoms with Crippen LogP contribution in [-0.2, 0) is 26.1 Å². The Balaban J connectivity index is 1.65. The molecule has 3 aromatic rings. The largest absolute Gasteiger partial charge is 0.335 e. The van der Waals surface area contributed by atoms with E-state index >= 15 is 0 Å². The predicted octanol–water partition coefficient (Wildman–Crippen LogP) is 4.68. The van der Waals surface area contributed by atoms with Crippen molar-refractivity contribution in [2.45, 2.75) is 45.9 Å². The second kappa shape index (κ2) is 10.7. The first kappa shape index (κ1) is 23.7. The number of nitrogens with one attached hydrogen (secondary N) is 1. The van der Waals surface area contributed by atoms with E-state index in [4.69, 9.17) is 5.10 Å². The van der Waals surface area contributed by atoms with Crippen molar-refractivity contribution in [3.8, 4) is 5.69 Å². The maximum absolute atomic E-state index is 13.7. The van der Waals surface area contributed by atoms with Crippen LogP contribution in [0.1, 0.15) is 36.4 Å². The zero-order valence-electron chi connectivity index (χ0n) is 19.9. The summed E-state index contributed by atoms with van der Waals surface area (Å²) in [7, 11) is 0. The number of carbonyl (C=O) groups excluding carboxylic acids is 1. The molecule has 0 saturated carbocycles. The summed E-state index contributed by atoms with van der Waals surface area (Å²) in [6, 6.07) is 16.7. The van der Waals surface area contributed by atoms with Crippen LogP contribution in [-0.4, -0.2) is 44.7 Å². The number of benzene rings is 2. The predicted molar refractivity (Wildman–Crippen MR) is 132 cm³/mol. The minimum absolute atomic E-state index is 0.00864. The quantitative estimate of drug-likeness (QED) is 0.496. The molecule has 0 unspecified atom stereocenters. The lowest BCUT2D eigenvalue weighted by atomic mass is 10.0. The second-order valence-electron chi connectivity index (χ2n) is 8.91. The molecule has 2 amide bonds. The molecule has 1 aliphatic rings. The summed E-state index contributed by atoms with van der Waals surface area (Å²) in [6.45, 7) is 10.8. The average Bonchev–Trinajstić information content (AvgIpc) is 3.19. The summed E-state index contributed by atoms with van der Waals surface area (Å²) in [6.07, 6.45) is 2.50. The van der Waals surface area contributed by atoms with E-state index in [9.17, 15) is 9.18 Å². The monoisotopic (exact) mass is 461 g/mol. The SMILES string of the molecule is C=CCNC(=O)N(Cc1nn(-c2ccccc2)c2c1CN(Cc1cccc(F)c1)CC2)C(C)C. The summed E-state index contributed by atoms with van der Waals surface area (Å²) < 4.78 is 15.7. The van der Waals surface area contributed by atoms with Gasteiger partial charge in [0.1, 0.15) is 5.82 Å². The molecular weight excluding hydrogens is 429 g/mol. The van der Waals surface area contributed by atoms with Gasteiger partial charge < -0.3 is 10.2 Å². The van der Waals surface area contributed by atoms with E-state index in [0.717, 1.165) is 35.5 Å². The van der Waals surface area contributed by atoms with Crippen molar-refractivity contribution >= 4 is 6.03 Å². The van der Waals surface area contributed by atoms with Gasteiger partial charge in [-0.2, -0.15) is 5.10 Å². The molecule has 1 N–H and O–H groups in total. The van der Waals surface area contributed by atoms with E-state index in [0.29, 0.717) is 26.2 Å². The van der Waals surface area contributed by atoms with Gasteiger partial charge in [0.05, 0.1) is 23.6 Å². The second-order valence-corrected chi connectivity index (χ2v) is 8.91. The maximum Gasteiger partial charge on any atom is 0.318 e. The van der Waals surface area contributed by atoms with E-state index in [2.05, 4.69) is 16.8 Å². The molecule has 0 bridgehead atoms. The number of nitrogens with zero attached hydrogens (tertiary/aromatic N) is 4. The third-order valence-electron chi connectivity index (χ3n) is 6.12. The molecule has 34 heavy (non-hydrogen) atoms. The van der Waals surface area contributed by atoms with Crippen molar-refractivity contribution in [1.29, 1.82) is 0 Å². The van der Waals surface area contributed by atoms with Crippen LogP contribution in [0.15, 0.2) is 67.3 Å². The van der Waals surface area contributed by atoms with Crippen LogP contribution < -0.4 is 5.32 Å². The highest BCUT2D eigenvalue weighted by atomic mass is 19.1. The van der Waals surface area contributed by atoms with Gasteiger partial charge in [-0.1, -0.05) is 36.4 Å². The van der Waals surface area contributed by atoms with Crippen molar-refractivity contribution in [2.75, 3.05) is 13.1 Å². The molecule has 0 radical (unpaired) electrons. The number of fused-ring (bicyclic) bond motifs is 1. The Hall–Kier alpha value is -3.45. The summed E-state index contributed by atoms with van der Waals surface area (Å²) in [5.74, 6) is -0.217. The molecule has 1 aromatic heterocycles. The average molecular weight is 462 g/mol. The smallest absolute Gasteiger partial charge is 0.318 e. The fourth-order valence-corrected chi connectivity index (χ4v) is 4.39. The third-order valence-corrected chi connectivity index (χ3v) is 6.12. The molecule has 0 saturated heterocycles. The van der Waals surface area contributed by atoms with E-state index in [1.54, 1.807) is 23.1 Å². The zero-order valence-corrected chi connectivity index (χ0v) is 19.9. The number of urea groups is 1. The molecule has 2 heterocycles. The first-order valence-corrected chi connectivity index (χ1v) is 11.7. The van der Waals surface area contributed by atoms with E-state index < -0.39 is 0 Å². The van der Waals surface area contributed by atoms with Crippen molar-refractivity contribution in [1.82, 2.24) is 24.9 Å². The number of hydrogen-bond donors (Lipinski definition) is 1. The van der Waals surface area contributed by atoms with Crippen LogP contribution >= 0.6 is 0 Å². The van der Waals surface area contributed by atoms with Crippen LogP contribution in [0.25, 0.3) is 5.69 Å². The lowest BCUT2D eigenvalue weighted by Gasteiger charge is -2.29. The van der Waals surface area contributed by atoms with E-state index in [1.807, 2.05) is 54.9 Å². The fraction of sp³-hybridized carbons (Fsp3) is 0.333. The fourth-order valence-electron chi connectivity index (χ4n) is 4.39. The van der Waals surface area contributed by atoms with Crippen LogP contribution in [0.4, 0.5) is 9.18 Å². The molecule has 0 fully saturated rings. The molecule has 1 aliphatic heterocycles. The lowest BCUT2D eigenvalue weighted by Crippen LogP contribution is -2.43. The molecule has 2 aromatic carbocycles. The number of hydrogen-bond acceptors (Lipinski definition) is 3. The minimum atomic E-state index is -0.217. The van der Waals surface area contributed by atoms with Crippen molar-refractivity contribution < 1.29 is 9.18 Å². The topological polar surface area (TPSA) is 53.4 Å². The van der Waals surface area contributed by atoms with E-state index in [-0.39, 0.29) is 17.9 Å². The molecule has 0 aliphatic carbocycles. The Morgan fingerprint density at radius 3 is 2.74 bits per heavy atom. The highest BCUT2D eigenvalue weighted by molar-refractivity contribution is 5.74. The van der Waals surface area contributed by atoms with Crippen molar-refractivity contribution in [3.63, 3.8) is 0 Å². The van der Waals surface area contributed by atoms with Crippen molar-refractivity contribution in [2.24, 2.45) is 0 Å². The van der Waals surface area contributed by atoms with Gasteiger partial charge in [0.15, 0.2) is 0 Å². The molecule has 4 rings (SSSR count). The first-order chi connectivity index (χ1) is 16.5. The lowest BCUT2D eigenvalue weighted by molar-refractivity contribution is 0.179. The van der Waals surface area contributed by atoms with Gasteiger partial charge in [-0.05, 0) is 43.7 Å². The third kappa shape index (κ3) is 5.37. The van der Waals surface area contributed by atoms with Crippen molar-refractivity contribution in [3.05, 3.63) is 95.6 Å². The first-order valence-electron chi connectivity index (χ1n) is 11.7. The van der Waals surface area contributed by atoms with Crippen LogP contribution in [0.2, 0.25) is 0 Å². The Bertz CT molecular complexity index is 1140. The molecular formula is C27H32FN5O. The Morgan fingerprint density at radius 2 is 2.03 bits per heavy atom. The molecule has 7 heteroatoms. The highest BCUT2D eigenvalue weighted by Crippen LogP contribution is 2.28. The van der Waals surface area contributed by atoms with E-state index in [1.165, 1.54) is 11.8 Å². The van der Waals surface area contributed by atoms with Gasteiger partial charge in [0, 0.05) is 44.2 Å². The highest BCUT2D eigenvalue weighted by Gasteiger charge is 2.28. The number of carbonyl (C=O) groups is 1. The number of halogens is 1. The normalized spacial score (nSPS) is 13.5. The van der Waals surface area contributed by atoms with Crippen LogP contribution in [0, 0.1) is 5.82 Å². The number of aromatic nitrogens is 2. The van der Waals surface area contributed by atoms with Crippen LogP contribution in [0.5, 0.6) is 0 Å². The van der Waals surface area contributed by atoms with Gasteiger partial charge in [0.25, 0.3) is 0 Å². The van der Waals surface area contributed by atoms with Gasteiger partial charge in [-0.25, -0.2) is 13.9 Å². The molecule has 178 valence electrons. The molecule has 0 spiro atoms. The summed E-state index contributed by atoms with van der Waals surface area (Å²) >= 11 is 0. The summed E-state index contributed by atoms with van der Waals surface area (Å²) in [4.78, 5) is 16.9. The minimum Gasteiger partial charge on any atom is -0.335 e. The van der Waals surface area contributed by atoms with Crippen LogP contribution in [0.3, 0.4) is 0 Å². The Kier molecular flexibility index (Phi) is 7.43. The zero-order chi connectivity index (χ0) is 24.1. The summed E-state index contributed by atoms with van der Waals surface area (Å²) in [5.41, 5.74) is 5.18. The Morgan fingerprint density at radius 1 is 1.24 bits per heavy atom. The van der Waals surface area contributed by atoms with Gasteiger partial charge in [0.2, 0.25) is 0 Å². The van der Waals surface area contributed by atoms with Gasteiger partial charge >= 0.3 is 6.03 Å². The Labute approximate surface area is 200 Å². The van der Waals surface area contributed by atoms with Gasteiger partial charge in [-0.15, -0.1) is 6.58 Å². The molecule has 0 atom stereocenters.